The zero-order valence-electron chi connectivity index (χ0n) is 12.6. The fourth-order valence-corrected chi connectivity index (χ4v) is 2.08. The van der Waals surface area contributed by atoms with Crippen molar-refractivity contribution < 1.29 is 17.9 Å². The topological polar surface area (TPSA) is 39.1 Å². The summed E-state index contributed by atoms with van der Waals surface area (Å²) >= 11 is 0. The first-order chi connectivity index (χ1) is 9.92. The van der Waals surface area contributed by atoms with E-state index in [1.165, 1.54) is 0 Å². The summed E-state index contributed by atoms with van der Waals surface area (Å²) in [6.45, 7) is 1.86. The molecule has 0 amide bonds. The van der Waals surface area contributed by atoms with Crippen LogP contribution in [0, 0.1) is 0 Å². The number of aryl methyl sites for hydroxylation is 2. The number of rotatable bonds is 10. The Kier molecular flexibility index (Phi) is 7.74. The number of aromatic nitrogens is 2. The number of hydrogen-bond acceptors (Lipinski definition) is 3. The molecule has 0 aliphatic carbocycles. The Morgan fingerprint density at radius 1 is 1.38 bits per heavy atom. The van der Waals surface area contributed by atoms with E-state index < -0.39 is 12.8 Å². The van der Waals surface area contributed by atoms with Gasteiger partial charge in [-0.2, -0.15) is 18.3 Å². The number of alkyl halides is 3. The maximum absolute atomic E-state index is 12.0. The first-order valence-electron chi connectivity index (χ1n) is 7.27. The second-order valence-electron chi connectivity index (χ2n) is 5.09. The van der Waals surface area contributed by atoms with Gasteiger partial charge in [0.25, 0.3) is 0 Å². The predicted octanol–water partition coefficient (Wildman–Crippen LogP) is 2.69. The third-order valence-electron chi connectivity index (χ3n) is 3.23. The molecule has 1 N–H and O–H groups in total. The SMILES string of the molecule is CCCNC(CCOCC(F)(F)F)CCc1ccnn1C. The van der Waals surface area contributed by atoms with Crippen LogP contribution in [0.1, 0.15) is 31.9 Å². The smallest absolute Gasteiger partial charge is 0.372 e. The number of hydrogen-bond donors (Lipinski definition) is 1. The molecular weight excluding hydrogens is 283 g/mol. The summed E-state index contributed by atoms with van der Waals surface area (Å²) in [6, 6.07) is 2.12. The highest BCUT2D eigenvalue weighted by Gasteiger charge is 2.27. The second kappa shape index (κ2) is 9.04. The van der Waals surface area contributed by atoms with E-state index in [1.54, 1.807) is 6.20 Å². The van der Waals surface area contributed by atoms with Gasteiger partial charge in [-0.25, -0.2) is 0 Å². The molecule has 0 aliphatic heterocycles. The molecule has 21 heavy (non-hydrogen) atoms. The molecule has 1 aromatic heterocycles. The summed E-state index contributed by atoms with van der Waals surface area (Å²) in [4.78, 5) is 0. The number of halogens is 3. The van der Waals surface area contributed by atoms with Crippen LogP contribution in [0.5, 0.6) is 0 Å². The minimum Gasteiger partial charge on any atom is -0.372 e. The maximum Gasteiger partial charge on any atom is 0.411 e. The molecule has 0 radical (unpaired) electrons. The molecule has 4 nitrogen and oxygen atoms in total. The van der Waals surface area contributed by atoms with E-state index in [-0.39, 0.29) is 12.6 Å². The van der Waals surface area contributed by atoms with Crippen molar-refractivity contribution in [2.75, 3.05) is 19.8 Å². The molecule has 1 rings (SSSR count). The Balaban J connectivity index is 2.31. The van der Waals surface area contributed by atoms with Crippen molar-refractivity contribution in [1.82, 2.24) is 15.1 Å². The summed E-state index contributed by atoms with van der Waals surface area (Å²) in [5, 5.41) is 7.46. The highest BCUT2D eigenvalue weighted by Crippen LogP contribution is 2.15. The Bertz CT molecular complexity index is 393. The number of ether oxygens (including phenoxy) is 1. The van der Waals surface area contributed by atoms with Gasteiger partial charge in [-0.1, -0.05) is 6.92 Å². The standard InChI is InChI=1S/C14H24F3N3O/c1-3-8-18-12(7-10-21-11-14(15,16)17)4-5-13-6-9-19-20(13)2/h6,9,12,18H,3-5,7-8,10-11H2,1-2H3. The first-order valence-corrected chi connectivity index (χ1v) is 7.27. The monoisotopic (exact) mass is 307 g/mol. The van der Waals surface area contributed by atoms with Gasteiger partial charge in [0.2, 0.25) is 0 Å². The van der Waals surface area contributed by atoms with Crippen molar-refractivity contribution in [3.63, 3.8) is 0 Å². The van der Waals surface area contributed by atoms with Gasteiger partial charge in [0.1, 0.15) is 6.61 Å². The normalized spacial score (nSPS) is 13.6. The summed E-state index contributed by atoms with van der Waals surface area (Å²) in [5.41, 5.74) is 1.12. The Labute approximate surface area is 123 Å². The van der Waals surface area contributed by atoms with Crippen LogP contribution in [-0.4, -0.2) is 41.8 Å². The highest BCUT2D eigenvalue weighted by molar-refractivity contribution is 5.00. The van der Waals surface area contributed by atoms with Gasteiger partial charge >= 0.3 is 6.18 Å². The highest BCUT2D eigenvalue weighted by atomic mass is 19.4. The minimum absolute atomic E-state index is 0.117. The first kappa shape index (κ1) is 18.0. The zero-order valence-corrected chi connectivity index (χ0v) is 12.6. The molecule has 1 heterocycles. The molecule has 0 saturated heterocycles. The average Bonchev–Trinajstić information content (AvgIpc) is 2.81. The Morgan fingerprint density at radius 3 is 2.71 bits per heavy atom. The molecule has 0 bridgehead atoms. The Hall–Kier alpha value is -1.08. The van der Waals surface area contributed by atoms with Crippen LogP contribution in [0.25, 0.3) is 0 Å². The van der Waals surface area contributed by atoms with Gasteiger partial charge in [-0.15, -0.1) is 0 Å². The summed E-state index contributed by atoms with van der Waals surface area (Å²) in [6.07, 6.45) is 0.767. The van der Waals surface area contributed by atoms with Gasteiger partial charge in [0.05, 0.1) is 0 Å². The Morgan fingerprint density at radius 2 is 2.14 bits per heavy atom. The quantitative estimate of drug-likeness (QED) is 0.676. The van der Waals surface area contributed by atoms with Crippen LogP contribution in [0.4, 0.5) is 13.2 Å². The third-order valence-corrected chi connectivity index (χ3v) is 3.23. The van der Waals surface area contributed by atoms with E-state index in [1.807, 2.05) is 17.8 Å². The van der Waals surface area contributed by atoms with Gasteiger partial charge in [0, 0.05) is 31.6 Å². The number of nitrogens with one attached hydrogen (secondary N) is 1. The maximum atomic E-state index is 12.0. The van der Waals surface area contributed by atoms with Crippen molar-refractivity contribution in [2.24, 2.45) is 7.05 Å². The van der Waals surface area contributed by atoms with Gasteiger partial charge in [-0.05, 0) is 38.3 Å². The van der Waals surface area contributed by atoms with Gasteiger partial charge < -0.3 is 10.1 Å². The summed E-state index contributed by atoms with van der Waals surface area (Å²) in [7, 11) is 1.89. The van der Waals surface area contributed by atoms with Crippen molar-refractivity contribution in [3.05, 3.63) is 18.0 Å². The van der Waals surface area contributed by atoms with Crippen LogP contribution >= 0.6 is 0 Å². The lowest BCUT2D eigenvalue weighted by atomic mass is 10.1. The minimum atomic E-state index is -4.25. The average molecular weight is 307 g/mol. The van der Waals surface area contributed by atoms with Crippen LogP contribution in [-0.2, 0) is 18.2 Å². The molecule has 0 aliphatic rings. The molecule has 1 atom stereocenters. The van der Waals surface area contributed by atoms with E-state index in [0.717, 1.165) is 31.5 Å². The fraction of sp³-hybridized carbons (Fsp3) is 0.786. The molecule has 0 fully saturated rings. The van der Waals surface area contributed by atoms with Gasteiger partial charge in [-0.3, -0.25) is 4.68 Å². The van der Waals surface area contributed by atoms with Crippen molar-refractivity contribution in [2.45, 2.75) is 44.8 Å². The lowest BCUT2D eigenvalue weighted by molar-refractivity contribution is -0.174. The third kappa shape index (κ3) is 8.06. The predicted molar refractivity (Wildman–Crippen MR) is 75.1 cm³/mol. The van der Waals surface area contributed by atoms with Gasteiger partial charge in [0.15, 0.2) is 0 Å². The van der Waals surface area contributed by atoms with E-state index in [4.69, 9.17) is 0 Å². The molecule has 0 saturated carbocycles. The molecule has 1 unspecified atom stereocenters. The number of nitrogens with zero attached hydrogens (tertiary/aromatic N) is 2. The molecule has 1 aromatic rings. The molecule has 0 spiro atoms. The van der Waals surface area contributed by atoms with Crippen LogP contribution in [0.3, 0.4) is 0 Å². The van der Waals surface area contributed by atoms with Crippen LogP contribution in [0.15, 0.2) is 12.3 Å². The summed E-state index contributed by atoms with van der Waals surface area (Å²) < 4.78 is 42.5. The van der Waals surface area contributed by atoms with Crippen LogP contribution < -0.4 is 5.32 Å². The van der Waals surface area contributed by atoms with Crippen molar-refractivity contribution in [3.8, 4) is 0 Å². The molecule has 122 valence electrons. The van der Waals surface area contributed by atoms with E-state index in [0.29, 0.717) is 6.42 Å². The van der Waals surface area contributed by atoms with Crippen LogP contribution in [0.2, 0.25) is 0 Å². The zero-order chi connectivity index (χ0) is 15.7. The largest absolute Gasteiger partial charge is 0.411 e. The van der Waals surface area contributed by atoms with Crippen molar-refractivity contribution in [1.29, 1.82) is 0 Å². The second-order valence-corrected chi connectivity index (χ2v) is 5.09. The molecule has 0 aromatic carbocycles. The molecule has 7 heteroatoms. The fourth-order valence-electron chi connectivity index (χ4n) is 2.08. The lowest BCUT2D eigenvalue weighted by Gasteiger charge is -2.19. The lowest BCUT2D eigenvalue weighted by Crippen LogP contribution is -2.32. The van der Waals surface area contributed by atoms with E-state index in [2.05, 4.69) is 22.1 Å². The van der Waals surface area contributed by atoms with E-state index in [9.17, 15) is 13.2 Å². The van der Waals surface area contributed by atoms with Crippen molar-refractivity contribution >= 4 is 0 Å². The summed E-state index contributed by atoms with van der Waals surface area (Å²) in [5.74, 6) is 0. The molecular formula is C14H24F3N3O. The van der Waals surface area contributed by atoms with E-state index >= 15 is 0 Å².